The van der Waals surface area contributed by atoms with Gasteiger partial charge in [-0.05, 0) is 50.5 Å². The standard InChI is InChI=1S/C22H25N7O2/c1-12-16(14(3)24-21-18(12)22(31-5)28-29(21)4)6-7-17(30)25-20-13(2)19(26-27-20)15-8-10-23-11-9-15/h8-11H,6-7H2,1-5H3,(H2,25,26,27,30). The topological polar surface area (TPSA) is 111 Å². The number of hydrogen-bond acceptors (Lipinski definition) is 6. The van der Waals surface area contributed by atoms with E-state index in [1.165, 1.54) is 0 Å². The number of amides is 1. The molecule has 0 aliphatic carbocycles. The lowest BCUT2D eigenvalue weighted by Gasteiger charge is -2.11. The van der Waals surface area contributed by atoms with Crippen LogP contribution in [0.4, 0.5) is 5.82 Å². The first-order valence-corrected chi connectivity index (χ1v) is 10.0. The summed E-state index contributed by atoms with van der Waals surface area (Å²) in [5.41, 5.74) is 6.45. The molecule has 1 amide bonds. The molecule has 0 aliphatic heterocycles. The number of H-pyrrole nitrogens is 1. The van der Waals surface area contributed by atoms with Crippen LogP contribution in [-0.4, -0.2) is 43.0 Å². The van der Waals surface area contributed by atoms with Crippen molar-refractivity contribution in [2.24, 2.45) is 7.05 Å². The molecule has 2 N–H and O–H groups in total. The highest BCUT2D eigenvalue weighted by molar-refractivity contribution is 5.92. The molecule has 0 saturated carbocycles. The third-order valence-corrected chi connectivity index (χ3v) is 5.55. The number of carbonyl (C=O) groups excluding carboxylic acids is 1. The molecule has 4 aromatic heterocycles. The number of aromatic amines is 1. The lowest BCUT2D eigenvalue weighted by molar-refractivity contribution is -0.116. The second kappa shape index (κ2) is 8.17. The first-order chi connectivity index (χ1) is 14.9. The van der Waals surface area contributed by atoms with Crippen LogP contribution in [0.1, 0.15) is 28.8 Å². The number of pyridine rings is 2. The van der Waals surface area contributed by atoms with Crippen LogP contribution in [0.15, 0.2) is 24.5 Å². The van der Waals surface area contributed by atoms with Crippen molar-refractivity contribution in [2.45, 2.75) is 33.6 Å². The number of anilines is 1. The van der Waals surface area contributed by atoms with Gasteiger partial charge in [-0.3, -0.25) is 14.9 Å². The van der Waals surface area contributed by atoms with Crippen molar-refractivity contribution in [3.05, 3.63) is 46.9 Å². The van der Waals surface area contributed by atoms with E-state index in [0.717, 1.165) is 44.7 Å². The van der Waals surface area contributed by atoms with Crippen LogP contribution in [0.5, 0.6) is 5.88 Å². The van der Waals surface area contributed by atoms with Crippen molar-refractivity contribution in [3.63, 3.8) is 0 Å². The molecular weight excluding hydrogens is 394 g/mol. The highest BCUT2D eigenvalue weighted by Crippen LogP contribution is 2.30. The lowest BCUT2D eigenvalue weighted by atomic mass is 10.00. The van der Waals surface area contributed by atoms with E-state index in [1.807, 2.05) is 40.0 Å². The summed E-state index contributed by atoms with van der Waals surface area (Å²) in [6, 6.07) is 3.79. The Labute approximate surface area is 179 Å². The fourth-order valence-electron chi connectivity index (χ4n) is 3.86. The van der Waals surface area contributed by atoms with E-state index in [9.17, 15) is 4.79 Å². The molecule has 0 aliphatic rings. The van der Waals surface area contributed by atoms with Gasteiger partial charge in [-0.15, -0.1) is 5.10 Å². The summed E-state index contributed by atoms with van der Waals surface area (Å²) in [6.07, 6.45) is 4.32. The molecule has 0 fully saturated rings. The summed E-state index contributed by atoms with van der Waals surface area (Å²) in [6.45, 7) is 5.90. The molecule has 0 radical (unpaired) electrons. The maximum absolute atomic E-state index is 12.7. The van der Waals surface area contributed by atoms with Gasteiger partial charge in [0.1, 0.15) is 0 Å². The third-order valence-electron chi connectivity index (χ3n) is 5.55. The van der Waals surface area contributed by atoms with Crippen LogP contribution < -0.4 is 10.1 Å². The number of nitrogens with one attached hydrogen (secondary N) is 2. The zero-order valence-corrected chi connectivity index (χ0v) is 18.3. The van der Waals surface area contributed by atoms with E-state index in [1.54, 1.807) is 24.2 Å². The number of rotatable bonds is 6. The van der Waals surface area contributed by atoms with Crippen molar-refractivity contribution >= 4 is 22.8 Å². The molecule has 160 valence electrons. The largest absolute Gasteiger partial charge is 0.479 e. The zero-order valence-electron chi connectivity index (χ0n) is 18.3. The highest BCUT2D eigenvalue weighted by atomic mass is 16.5. The predicted octanol–water partition coefficient (Wildman–Crippen LogP) is 3.26. The fraction of sp³-hybridized carbons (Fsp3) is 0.318. The number of ether oxygens (including phenoxy) is 1. The smallest absolute Gasteiger partial charge is 0.242 e. The molecule has 0 bridgehead atoms. The molecule has 4 aromatic rings. The van der Waals surface area contributed by atoms with E-state index in [2.05, 4.69) is 30.6 Å². The summed E-state index contributed by atoms with van der Waals surface area (Å²) in [5, 5.41) is 15.4. The number of methoxy groups -OCH3 is 1. The van der Waals surface area contributed by atoms with Gasteiger partial charge in [0.2, 0.25) is 11.8 Å². The second-order valence-corrected chi connectivity index (χ2v) is 7.49. The zero-order chi connectivity index (χ0) is 22.1. The first-order valence-electron chi connectivity index (χ1n) is 10.0. The van der Waals surface area contributed by atoms with Gasteiger partial charge in [0.15, 0.2) is 11.5 Å². The SMILES string of the molecule is COc1nn(C)c2nc(C)c(CCC(=O)Nc3n[nH]c(-c4ccncc4)c3C)c(C)c12. The number of nitrogens with zero attached hydrogens (tertiary/aromatic N) is 5. The number of aryl methyl sites for hydroxylation is 3. The van der Waals surface area contributed by atoms with Gasteiger partial charge in [0.25, 0.3) is 0 Å². The van der Waals surface area contributed by atoms with Gasteiger partial charge in [0.05, 0.1) is 18.2 Å². The molecule has 0 unspecified atom stereocenters. The number of carbonyl (C=O) groups is 1. The fourth-order valence-corrected chi connectivity index (χ4v) is 3.86. The molecule has 0 atom stereocenters. The summed E-state index contributed by atoms with van der Waals surface area (Å²) in [4.78, 5) is 21.4. The van der Waals surface area contributed by atoms with Crippen LogP contribution in [0.3, 0.4) is 0 Å². The summed E-state index contributed by atoms with van der Waals surface area (Å²) in [7, 11) is 3.44. The van der Waals surface area contributed by atoms with E-state index >= 15 is 0 Å². The molecule has 31 heavy (non-hydrogen) atoms. The maximum atomic E-state index is 12.7. The molecule has 0 saturated heterocycles. The van der Waals surface area contributed by atoms with Crippen LogP contribution >= 0.6 is 0 Å². The normalized spacial score (nSPS) is 11.1. The Balaban J connectivity index is 1.51. The Morgan fingerprint density at radius 1 is 1.19 bits per heavy atom. The van der Waals surface area contributed by atoms with Gasteiger partial charge < -0.3 is 10.1 Å². The van der Waals surface area contributed by atoms with E-state index < -0.39 is 0 Å². The molecule has 0 spiro atoms. The van der Waals surface area contributed by atoms with Gasteiger partial charge in [0, 0.05) is 42.7 Å². The number of fused-ring (bicyclic) bond motifs is 1. The van der Waals surface area contributed by atoms with Crippen molar-refractivity contribution in [1.29, 1.82) is 0 Å². The van der Waals surface area contributed by atoms with Gasteiger partial charge in [-0.2, -0.15) is 5.10 Å². The first kappa shape index (κ1) is 20.5. The molecule has 4 heterocycles. The Morgan fingerprint density at radius 2 is 1.94 bits per heavy atom. The predicted molar refractivity (Wildman–Crippen MR) is 118 cm³/mol. The van der Waals surface area contributed by atoms with Crippen LogP contribution in [0, 0.1) is 20.8 Å². The number of hydrogen-bond donors (Lipinski definition) is 2. The van der Waals surface area contributed by atoms with Crippen LogP contribution in [-0.2, 0) is 18.3 Å². The molecule has 9 nitrogen and oxygen atoms in total. The highest BCUT2D eigenvalue weighted by Gasteiger charge is 2.19. The van der Waals surface area contributed by atoms with E-state index in [0.29, 0.717) is 24.5 Å². The Morgan fingerprint density at radius 3 is 2.65 bits per heavy atom. The number of aromatic nitrogens is 6. The summed E-state index contributed by atoms with van der Waals surface area (Å²) < 4.78 is 7.13. The average Bonchev–Trinajstić information content (AvgIpc) is 3.28. The molecule has 9 heteroatoms. The second-order valence-electron chi connectivity index (χ2n) is 7.49. The minimum atomic E-state index is -0.104. The maximum Gasteiger partial charge on any atom is 0.242 e. The quantitative estimate of drug-likeness (QED) is 0.496. The minimum absolute atomic E-state index is 0.104. The average molecular weight is 419 g/mol. The van der Waals surface area contributed by atoms with Crippen LogP contribution in [0.25, 0.3) is 22.3 Å². The molecular formula is C22H25N7O2. The lowest BCUT2D eigenvalue weighted by Crippen LogP contribution is -2.14. The Kier molecular flexibility index (Phi) is 5.41. The monoisotopic (exact) mass is 419 g/mol. The molecule has 4 rings (SSSR count). The van der Waals surface area contributed by atoms with Crippen molar-refractivity contribution in [3.8, 4) is 17.1 Å². The Hall–Kier alpha value is -3.75. The van der Waals surface area contributed by atoms with E-state index in [-0.39, 0.29) is 5.91 Å². The van der Waals surface area contributed by atoms with Crippen molar-refractivity contribution < 1.29 is 9.53 Å². The van der Waals surface area contributed by atoms with Gasteiger partial charge in [-0.1, -0.05) is 0 Å². The van der Waals surface area contributed by atoms with Crippen molar-refractivity contribution in [1.82, 2.24) is 29.9 Å². The van der Waals surface area contributed by atoms with E-state index in [4.69, 9.17) is 4.74 Å². The van der Waals surface area contributed by atoms with Crippen molar-refractivity contribution in [2.75, 3.05) is 12.4 Å². The Bertz CT molecular complexity index is 1260. The third kappa shape index (κ3) is 3.74. The molecule has 0 aromatic carbocycles. The summed E-state index contributed by atoms with van der Waals surface area (Å²) >= 11 is 0. The van der Waals surface area contributed by atoms with Gasteiger partial charge >= 0.3 is 0 Å². The van der Waals surface area contributed by atoms with Gasteiger partial charge in [-0.25, -0.2) is 9.67 Å². The minimum Gasteiger partial charge on any atom is -0.479 e. The summed E-state index contributed by atoms with van der Waals surface area (Å²) in [5.74, 6) is 0.977. The van der Waals surface area contributed by atoms with Crippen LogP contribution in [0.2, 0.25) is 0 Å².